The molecule has 0 saturated heterocycles. The summed E-state index contributed by atoms with van der Waals surface area (Å²) in [6, 6.07) is 1.67. The van der Waals surface area contributed by atoms with Crippen LogP contribution in [0.15, 0.2) is 12.3 Å². The van der Waals surface area contributed by atoms with Gasteiger partial charge in [-0.3, -0.25) is 0 Å². The Morgan fingerprint density at radius 3 is 2.80 bits per heavy atom. The molecule has 0 bridgehead atoms. The van der Waals surface area contributed by atoms with E-state index in [9.17, 15) is 0 Å². The first-order valence-electron chi connectivity index (χ1n) is 2.75. The number of hydrogen-bond donors (Lipinski definition) is 2. The van der Waals surface area contributed by atoms with Gasteiger partial charge in [0.1, 0.15) is 3.70 Å². The fraction of sp³-hybridized carbons (Fsp3) is 0.167. The van der Waals surface area contributed by atoms with Gasteiger partial charge >= 0.3 is 0 Å². The average molecular weight is 250 g/mol. The number of rotatable bonds is 1. The van der Waals surface area contributed by atoms with E-state index in [0.717, 1.165) is 3.70 Å². The van der Waals surface area contributed by atoms with Crippen LogP contribution in [-0.4, -0.2) is 10.1 Å². The maximum absolute atomic E-state index is 8.77. The maximum atomic E-state index is 8.77. The third-order valence-corrected chi connectivity index (χ3v) is 2.13. The molecule has 0 spiro atoms. The van der Waals surface area contributed by atoms with E-state index in [1.807, 2.05) is 22.6 Å². The second-order valence-electron chi connectivity index (χ2n) is 1.83. The van der Waals surface area contributed by atoms with Crippen molar-refractivity contribution in [2.75, 3.05) is 5.73 Å². The number of aromatic nitrogens is 1. The molecule has 3 nitrogen and oxygen atoms in total. The van der Waals surface area contributed by atoms with Crippen LogP contribution in [0.25, 0.3) is 0 Å². The molecule has 0 unspecified atom stereocenters. The number of nitrogens with two attached hydrogens (primary N) is 1. The minimum atomic E-state index is -0.0437. The highest BCUT2D eigenvalue weighted by Gasteiger charge is 2.01. The van der Waals surface area contributed by atoms with Crippen LogP contribution in [0.3, 0.4) is 0 Å². The zero-order valence-electron chi connectivity index (χ0n) is 5.21. The zero-order chi connectivity index (χ0) is 7.56. The molecule has 0 fully saturated rings. The van der Waals surface area contributed by atoms with Gasteiger partial charge in [-0.2, -0.15) is 0 Å². The van der Waals surface area contributed by atoms with E-state index in [0.29, 0.717) is 11.3 Å². The van der Waals surface area contributed by atoms with Crippen molar-refractivity contribution < 1.29 is 5.11 Å². The van der Waals surface area contributed by atoms with E-state index in [1.165, 1.54) is 0 Å². The Morgan fingerprint density at radius 1 is 1.70 bits per heavy atom. The van der Waals surface area contributed by atoms with E-state index >= 15 is 0 Å². The molecule has 10 heavy (non-hydrogen) atoms. The molecule has 0 radical (unpaired) electrons. The van der Waals surface area contributed by atoms with Crippen LogP contribution < -0.4 is 5.73 Å². The Balaban J connectivity index is 3.17. The molecule has 54 valence electrons. The molecule has 0 saturated carbocycles. The lowest BCUT2D eigenvalue weighted by Gasteiger charge is -2.01. The highest BCUT2D eigenvalue weighted by Crippen LogP contribution is 2.15. The van der Waals surface area contributed by atoms with Crippen LogP contribution in [-0.2, 0) is 6.61 Å². The van der Waals surface area contributed by atoms with Gasteiger partial charge in [-0.05, 0) is 28.7 Å². The van der Waals surface area contributed by atoms with Crippen molar-refractivity contribution in [1.29, 1.82) is 0 Å². The summed E-state index contributed by atoms with van der Waals surface area (Å²) in [5, 5.41) is 8.77. The first-order chi connectivity index (χ1) is 4.75. The number of anilines is 1. The van der Waals surface area contributed by atoms with Crippen molar-refractivity contribution in [2.24, 2.45) is 0 Å². The van der Waals surface area contributed by atoms with Crippen LogP contribution >= 0.6 is 22.6 Å². The van der Waals surface area contributed by atoms with Crippen molar-refractivity contribution in [2.45, 2.75) is 6.61 Å². The number of nitrogens with zero attached hydrogens (tertiary/aromatic N) is 1. The molecule has 1 aromatic heterocycles. The number of halogens is 1. The predicted molar refractivity (Wildman–Crippen MR) is 47.3 cm³/mol. The molecule has 1 aromatic rings. The fourth-order valence-electron chi connectivity index (χ4n) is 0.637. The monoisotopic (exact) mass is 250 g/mol. The van der Waals surface area contributed by atoms with Crippen LogP contribution in [0, 0.1) is 3.70 Å². The Kier molecular flexibility index (Phi) is 2.44. The van der Waals surface area contributed by atoms with Crippen molar-refractivity contribution in [3.05, 3.63) is 21.5 Å². The van der Waals surface area contributed by atoms with E-state index in [-0.39, 0.29) is 6.61 Å². The first-order valence-corrected chi connectivity index (χ1v) is 3.83. The number of nitrogen functional groups attached to an aromatic ring is 1. The molecule has 0 aliphatic carbocycles. The second kappa shape index (κ2) is 3.16. The molecule has 0 aliphatic heterocycles. The lowest BCUT2D eigenvalue weighted by Crippen LogP contribution is -1.98. The minimum Gasteiger partial charge on any atom is -0.398 e. The molecule has 0 aliphatic rings. The van der Waals surface area contributed by atoms with Gasteiger partial charge in [-0.25, -0.2) is 4.98 Å². The van der Waals surface area contributed by atoms with E-state index in [4.69, 9.17) is 10.8 Å². The average Bonchev–Trinajstić information content (AvgIpc) is 1.88. The SMILES string of the molecule is Nc1ccnc(I)c1CO. The van der Waals surface area contributed by atoms with E-state index < -0.39 is 0 Å². The van der Waals surface area contributed by atoms with Crippen LogP contribution in [0.2, 0.25) is 0 Å². The summed E-state index contributed by atoms with van der Waals surface area (Å²) in [6.45, 7) is -0.0437. The summed E-state index contributed by atoms with van der Waals surface area (Å²) < 4.78 is 0.764. The Labute approximate surface area is 72.4 Å². The van der Waals surface area contributed by atoms with Crippen molar-refractivity contribution in [1.82, 2.24) is 4.98 Å². The summed E-state index contributed by atoms with van der Waals surface area (Å²) in [5.74, 6) is 0. The molecular weight excluding hydrogens is 243 g/mol. The Bertz CT molecular complexity index is 219. The lowest BCUT2D eigenvalue weighted by atomic mass is 10.2. The number of hydrogen-bond acceptors (Lipinski definition) is 3. The molecule has 0 amide bonds. The van der Waals surface area contributed by atoms with Crippen LogP contribution in [0.1, 0.15) is 5.56 Å². The fourth-order valence-corrected chi connectivity index (χ4v) is 1.28. The molecule has 4 heteroatoms. The van der Waals surface area contributed by atoms with Crippen LogP contribution in [0.5, 0.6) is 0 Å². The van der Waals surface area contributed by atoms with Gasteiger partial charge in [0, 0.05) is 17.4 Å². The molecule has 1 heterocycles. The van der Waals surface area contributed by atoms with E-state index in [1.54, 1.807) is 12.3 Å². The predicted octanol–water partition coefficient (Wildman–Crippen LogP) is 0.761. The summed E-state index contributed by atoms with van der Waals surface area (Å²) in [4.78, 5) is 3.96. The van der Waals surface area contributed by atoms with Gasteiger partial charge in [0.2, 0.25) is 0 Å². The highest BCUT2D eigenvalue weighted by molar-refractivity contribution is 14.1. The molecular formula is C6H7IN2O. The van der Waals surface area contributed by atoms with Gasteiger partial charge in [0.25, 0.3) is 0 Å². The normalized spacial score (nSPS) is 9.80. The van der Waals surface area contributed by atoms with Crippen molar-refractivity contribution in [3.63, 3.8) is 0 Å². The minimum absolute atomic E-state index is 0.0437. The molecule has 3 N–H and O–H groups in total. The zero-order valence-corrected chi connectivity index (χ0v) is 7.37. The standard InChI is InChI=1S/C6H7IN2O/c7-6-4(3-10)5(8)1-2-9-6/h1-2,10H,3H2,(H2,8,9). The second-order valence-corrected chi connectivity index (χ2v) is 2.85. The topological polar surface area (TPSA) is 59.1 Å². The Morgan fingerprint density at radius 2 is 2.40 bits per heavy atom. The summed E-state index contributed by atoms with van der Waals surface area (Å²) in [7, 11) is 0. The van der Waals surface area contributed by atoms with Gasteiger partial charge < -0.3 is 10.8 Å². The number of pyridine rings is 1. The largest absolute Gasteiger partial charge is 0.398 e. The quantitative estimate of drug-likeness (QED) is 0.571. The highest BCUT2D eigenvalue weighted by atomic mass is 127. The third kappa shape index (κ3) is 1.38. The number of aliphatic hydroxyl groups excluding tert-OH is 1. The maximum Gasteiger partial charge on any atom is 0.108 e. The van der Waals surface area contributed by atoms with Crippen molar-refractivity contribution in [3.8, 4) is 0 Å². The van der Waals surface area contributed by atoms with E-state index in [2.05, 4.69) is 4.98 Å². The molecule has 0 atom stereocenters. The lowest BCUT2D eigenvalue weighted by molar-refractivity contribution is 0.281. The first kappa shape index (κ1) is 7.74. The summed E-state index contributed by atoms with van der Waals surface area (Å²) in [6.07, 6.45) is 1.62. The summed E-state index contributed by atoms with van der Waals surface area (Å²) in [5.41, 5.74) is 6.84. The number of aliphatic hydroxyl groups is 1. The van der Waals surface area contributed by atoms with Gasteiger partial charge in [0.15, 0.2) is 0 Å². The van der Waals surface area contributed by atoms with Crippen molar-refractivity contribution >= 4 is 28.3 Å². The molecule has 0 aromatic carbocycles. The Hall–Kier alpha value is -0.360. The molecule has 1 rings (SSSR count). The third-order valence-electron chi connectivity index (χ3n) is 1.20. The smallest absolute Gasteiger partial charge is 0.108 e. The van der Waals surface area contributed by atoms with Gasteiger partial charge in [-0.1, -0.05) is 0 Å². The van der Waals surface area contributed by atoms with Gasteiger partial charge in [0.05, 0.1) is 6.61 Å². The summed E-state index contributed by atoms with van der Waals surface area (Å²) >= 11 is 2.03. The van der Waals surface area contributed by atoms with Gasteiger partial charge in [-0.15, -0.1) is 0 Å². The van der Waals surface area contributed by atoms with Crippen LogP contribution in [0.4, 0.5) is 5.69 Å².